The van der Waals surface area contributed by atoms with Crippen molar-refractivity contribution in [3.05, 3.63) is 45.0 Å². The van der Waals surface area contributed by atoms with E-state index >= 15 is 0 Å². The van der Waals surface area contributed by atoms with E-state index in [-0.39, 0.29) is 0 Å². The third-order valence-electron chi connectivity index (χ3n) is 2.19. The Balaban J connectivity index is 2.97. The zero-order chi connectivity index (χ0) is 11.3. The summed E-state index contributed by atoms with van der Waals surface area (Å²) in [6.07, 6.45) is 2.86. The fourth-order valence-corrected chi connectivity index (χ4v) is 2.41. The van der Waals surface area contributed by atoms with Gasteiger partial charge in [0.05, 0.1) is 0 Å². The van der Waals surface area contributed by atoms with Crippen LogP contribution in [0.5, 0.6) is 0 Å². The second-order valence-electron chi connectivity index (χ2n) is 3.30. The van der Waals surface area contributed by atoms with Crippen molar-refractivity contribution in [2.24, 2.45) is 0 Å². The summed E-state index contributed by atoms with van der Waals surface area (Å²) >= 11 is 8.34. The molecule has 82 valence electrons. The molecule has 1 unspecified atom stereocenters. The standard InChI is InChI=1S/C12H15ClIN/c1-3-5-12(15-4-2)10-8-9(13)6-7-11(10)14/h3,6-8,12,15H,1,4-5H2,2H3. The lowest BCUT2D eigenvalue weighted by atomic mass is 10.0. The van der Waals surface area contributed by atoms with Gasteiger partial charge in [0.15, 0.2) is 0 Å². The average Bonchev–Trinajstić information content (AvgIpc) is 2.21. The van der Waals surface area contributed by atoms with Crippen LogP contribution in [0.15, 0.2) is 30.9 Å². The van der Waals surface area contributed by atoms with Gasteiger partial charge in [-0.15, -0.1) is 6.58 Å². The van der Waals surface area contributed by atoms with Crippen LogP contribution in [0.1, 0.15) is 24.9 Å². The maximum absolute atomic E-state index is 6.00. The van der Waals surface area contributed by atoms with Crippen molar-refractivity contribution >= 4 is 34.2 Å². The van der Waals surface area contributed by atoms with E-state index in [4.69, 9.17) is 11.6 Å². The summed E-state index contributed by atoms with van der Waals surface area (Å²) in [7, 11) is 0. The number of hydrogen-bond acceptors (Lipinski definition) is 1. The van der Waals surface area contributed by atoms with Gasteiger partial charge in [-0.2, -0.15) is 0 Å². The minimum Gasteiger partial charge on any atom is -0.310 e. The minimum absolute atomic E-state index is 0.318. The molecule has 0 aromatic heterocycles. The Morgan fingerprint density at radius 3 is 2.93 bits per heavy atom. The van der Waals surface area contributed by atoms with Gasteiger partial charge >= 0.3 is 0 Å². The fourth-order valence-electron chi connectivity index (χ4n) is 1.51. The topological polar surface area (TPSA) is 12.0 Å². The predicted molar refractivity (Wildman–Crippen MR) is 75.4 cm³/mol. The van der Waals surface area contributed by atoms with Gasteiger partial charge in [-0.3, -0.25) is 0 Å². The Hall–Kier alpha value is -0.0600. The van der Waals surface area contributed by atoms with E-state index in [9.17, 15) is 0 Å². The summed E-state index contributed by atoms with van der Waals surface area (Å²) in [5.41, 5.74) is 1.25. The fraction of sp³-hybridized carbons (Fsp3) is 0.333. The SMILES string of the molecule is C=CCC(NCC)c1cc(Cl)ccc1I. The molecule has 15 heavy (non-hydrogen) atoms. The second kappa shape index (κ2) is 6.51. The molecule has 3 heteroatoms. The maximum atomic E-state index is 6.00. The molecule has 0 saturated carbocycles. The molecule has 0 saturated heterocycles. The first-order valence-corrected chi connectivity index (χ1v) is 6.44. The van der Waals surface area contributed by atoms with E-state index in [0.29, 0.717) is 6.04 Å². The van der Waals surface area contributed by atoms with Crippen molar-refractivity contribution in [2.75, 3.05) is 6.54 Å². The number of halogens is 2. The van der Waals surface area contributed by atoms with Gasteiger partial charge in [-0.05, 0) is 59.3 Å². The van der Waals surface area contributed by atoms with Crippen LogP contribution in [0.4, 0.5) is 0 Å². The van der Waals surface area contributed by atoms with Crippen molar-refractivity contribution in [1.82, 2.24) is 5.32 Å². The lowest BCUT2D eigenvalue weighted by molar-refractivity contribution is 0.557. The van der Waals surface area contributed by atoms with Crippen LogP contribution in [0.2, 0.25) is 5.02 Å². The van der Waals surface area contributed by atoms with Gasteiger partial charge in [0, 0.05) is 14.6 Å². The van der Waals surface area contributed by atoms with Gasteiger partial charge in [-0.25, -0.2) is 0 Å². The number of rotatable bonds is 5. The first-order valence-electron chi connectivity index (χ1n) is 4.98. The number of hydrogen-bond donors (Lipinski definition) is 1. The van der Waals surface area contributed by atoms with Gasteiger partial charge in [-0.1, -0.05) is 24.6 Å². The van der Waals surface area contributed by atoms with Crippen molar-refractivity contribution < 1.29 is 0 Å². The molecule has 1 rings (SSSR count). The molecule has 0 fully saturated rings. The highest BCUT2D eigenvalue weighted by molar-refractivity contribution is 14.1. The normalized spacial score (nSPS) is 12.5. The van der Waals surface area contributed by atoms with Crippen molar-refractivity contribution in [3.63, 3.8) is 0 Å². The van der Waals surface area contributed by atoms with Crippen molar-refractivity contribution in [2.45, 2.75) is 19.4 Å². The second-order valence-corrected chi connectivity index (χ2v) is 4.90. The minimum atomic E-state index is 0.318. The quantitative estimate of drug-likeness (QED) is 0.629. The zero-order valence-corrected chi connectivity index (χ0v) is 11.7. The van der Waals surface area contributed by atoms with Crippen LogP contribution in [0, 0.1) is 3.57 Å². The Kier molecular flexibility index (Phi) is 5.64. The number of nitrogens with one attached hydrogen (secondary N) is 1. The molecule has 0 aliphatic carbocycles. The molecule has 0 heterocycles. The van der Waals surface area contributed by atoms with E-state index in [1.807, 2.05) is 24.3 Å². The predicted octanol–water partition coefficient (Wildman–Crippen LogP) is 4.17. The molecule has 0 radical (unpaired) electrons. The Labute approximate surface area is 110 Å². The van der Waals surface area contributed by atoms with E-state index in [1.54, 1.807) is 0 Å². The highest BCUT2D eigenvalue weighted by Crippen LogP contribution is 2.26. The molecule has 0 aliphatic rings. The van der Waals surface area contributed by atoms with Crippen LogP contribution in [-0.4, -0.2) is 6.54 Å². The third kappa shape index (κ3) is 3.78. The molecule has 1 nitrogen and oxygen atoms in total. The molecular formula is C12H15ClIN. The van der Waals surface area contributed by atoms with Crippen LogP contribution in [0.3, 0.4) is 0 Å². The maximum Gasteiger partial charge on any atom is 0.0410 e. The largest absolute Gasteiger partial charge is 0.310 e. The number of benzene rings is 1. The van der Waals surface area contributed by atoms with Gasteiger partial charge in [0.25, 0.3) is 0 Å². The monoisotopic (exact) mass is 335 g/mol. The van der Waals surface area contributed by atoms with E-state index in [2.05, 4.69) is 41.4 Å². The summed E-state index contributed by atoms with van der Waals surface area (Å²) in [6, 6.07) is 6.31. The molecule has 1 aromatic rings. The zero-order valence-electron chi connectivity index (χ0n) is 8.76. The van der Waals surface area contributed by atoms with E-state index in [0.717, 1.165) is 18.0 Å². The first-order chi connectivity index (χ1) is 7.19. The molecule has 1 N–H and O–H groups in total. The van der Waals surface area contributed by atoms with Gasteiger partial charge in [0.1, 0.15) is 0 Å². The molecule has 0 amide bonds. The van der Waals surface area contributed by atoms with Crippen LogP contribution in [-0.2, 0) is 0 Å². The summed E-state index contributed by atoms with van der Waals surface area (Å²) < 4.78 is 1.24. The molecular weight excluding hydrogens is 320 g/mol. The Morgan fingerprint density at radius 1 is 1.60 bits per heavy atom. The molecule has 0 bridgehead atoms. The van der Waals surface area contributed by atoms with Gasteiger partial charge < -0.3 is 5.32 Å². The highest BCUT2D eigenvalue weighted by atomic mass is 127. The van der Waals surface area contributed by atoms with Crippen LogP contribution < -0.4 is 5.32 Å². The summed E-state index contributed by atoms with van der Waals surface area (Å²) in [5.74, 6) is 0. The molecule has 0 aliphatic heterocycles. The molecule has 1 atom stereocenters. The first kappa shape index (κ1) is 13.0. The van der Waals surface area contributed by atoms with Crippen LogP contribution in [0.25, 0.3) is 0 Å². The summed E-state index contributed by atoms with van der Waals surface area (Å²) in [5, 5.41) is 4.22. The smallest absolute Gasteiger partial charge is 0.0410 e. The van der Waals surface area contributed by atoms with Crippen molar-refractivity contribution in [1.29, 1.82) is 0 Å². The third-order valence-corrected chi connectivity index (χ3v) is 3.40. The van der Waals surface area contributed by atoms with Crippen molar-refractivity contribution in [3.8, 4) is 0 Å². The summed E-state index contributed by atoms with van der Waals surface area (Å²) in [6.45, 7) is 6.84. The lowest BCUT2D eigenvalue weighted by Crippen LogP contribution is -2.21. The van der Waals surface area contributed by atoms with E-state index in [1.165, 1.54) is 9.13 Å². The Bertz CT molecular complexity index is 338. The lowest BCUT2D eigenvalue weighted by Gasteiger charge is -2.18. The average molecular weight is 336 g/mol. The molecule has 1 aromatic carbocycles. The highest BCUT2D eigenvalue weighted by Gasteiger charge is 2.12. The van der Waals surface area contributed by atoms with E-state index < -0.39 is 0 Å². The molecule has 0 spiro atoms. The van der Waals surface area contributed by atoms with Crippen LogP contribution >= 0.6 is 34.2 Å². The van der Waals surface area contributed by atoms with Gasteiger partial charge in [0.2, 0.25) is 0 Å². The Morgan fingerprint density at radius 2 is 2.33 bits per heavy atom. The summed E-state index contributed by atoms with van der Waals surface area (Å²) in [4.78, 5) is 0.